The molecule has 1 spiro atoms. The van der Waals surface area contributed by atoms with E-state index in [0.717, 1.165) is 25.9 Å². The molecule has 2 fully saturated rings. The maximum Gasteiger partial charge on any atom is 0.259 e. The smallest absolute Gasteiger partial charge is 0.259 e. The first-order valence-electron chi connectivity index (χ1n) is 12.8. The van der Waals surface area contributed by atoms with Crippen LogP contribution in [-0.2, 0) is 9.84 Å². The number of anilines is 3. The van der Waals surface area contributed by atoms with Gasteiger partial charge in [-0.05, 0) is 66.8 Å². The molecule has 1 aliphatic heterocycles. The van der Waals surface area contributed by atoms with Gasteiger partial charge in [-0.2, -0.15) is 0 Å². The van der Waals surface area contributed by atoms with Crippen molar-refractivity contribution < 1.29 is 23.4 Å². The summed E-state index contributed by atoms with van der Waals surface area (Å²) in [6.07, 6.45) is 4.62. The molecule has 37 heavy (non-hydrogen) atoms. The van der Waals surface area contributed by atoms with Gasteiger partial charge in [0.1, 0.15) is 11.6 Å². The zero-order valence-electron chi connectivity index (χ0n) is 21.8. The summed E-state index contributed by atoms with van der Waals surface area (Å²) < 4.78 is 25.8. The van der Waals surface area contributed by atoms with Crippen LogP contribution in [0, 0.1) is 10.8 Å². The molecule has 202 valence electrons. The first-order chi connectivity index (χ1) is 17.4. The molecule has 0 bridgehead atoms. The van der Waals surface area contributed by atoms with Gasteiger partial charge in [0.05, 0.1) is 35.5 Å². The van der Waals surface area contributed by atoms with E-state index in [0.29, 0.717) is 28.3 Å². The van der Waals surface area contributed by atoms with Crippen molar-refractivity contribution in [2.75, 3.05) is 47.6 Å². The Kier molecular flexibility index (Phi) is 7.83. The molecule has 2 heterocycles. The van der Waals surface area contributed by atoms with Gasteiger partial charge in [-0.15, -0.1) is 0 Å². The monoisotopic (exact) mass is 530 g/mol. The highest BCUT2D eigenvalue weighted by Crippen LogP contribution is 2.54. The molecule has 1 aromatic heterocycles. The van der Waals surface area contributed by atoms with E-state index in [9.17, 15) is 23.4 Å². The van der Waals surface area contributed by atoms with Gasteiger partial charge < -0.3 is 25.7 Å². The Morgan fingerprint density at radius 3 is 2.35 bits per heavy atom. The third-order valence-electron chi connectivity index (χ3n) is 7.07. The number of carbonyl (C=O) groups excluding carboxylic acids is 1. The van der Waals surface area contributed by atoms with Crippen LogP contribution in [0.25, 0.3) is 0 Å². The summed E-state index contributed by atoms with van der Waals surface area (Å²) in [5, 5.41) is 24.8. The van der Waals surface area contributed by atoms with Crippen molar-refractivity contribution >= 4 is 33.1 Å². The second-order valence-corrected chi connectivity index (χ2v) is 13.6. The van der Waals surface area contributed by atoms with Crippen LogP contribution >= 0.6 is 0 Å². The predicted octanol–water partition coefficient (Wildman–Crippen LogP) is 3.30. The average Bonchev–Trinajstić information content (AvgIpc) is 3.60. The minimum atomic E-state index is -3.51. The number of rotatable bonds is 9. The van der Waals surface area contributed by atoms with Gasteiger partial charge in [0.25, 0.3) is 5.91 Å². The molecule has 4 N–H and O–H groups in total. The molecule has 10 heteroatoms. The Balaban J connectivity index is 1.59. The summed E-state index contributed by atoms with van der Waals surface area (Å²) in [5.41, 5.74) is 0.828. The number of aliphatic hydroxyl groups excluding tert-OH is 2. The Morgan fingerprint density at radius 1 is 1.08 bits per heavy atom. The molecular weight excluding hydrogens is 492 g/mol. The second-order valence-electron chi connectivity index (χ2n) is 11.6. The van der Waals surface area contributed by atoms with Crippen molar-refractivity contribution in [3.63, 3.8) is 0 Å². The zero-order valence-corrected chi connectivity index (χ0v) is 22.6. The number of carbonyl (C=O) groups is 1. The zero-order chi connectivity index (χ0) is 26.8. The van der Waals surface area contributed by atoms with Crippen LogP contribution in [0.15, 0.2) is 41.3 Å². The molecule has 1 aliphatic carbocycles. The van der Waals surface area contributed by atoms with Gasteiger partial charge in [0, 0.05) is 18.8 Å². The van der Waals surface area contributed by atoms with Crippen LogP contribution in [-0.4, -0.2) is 67.6 Å². The number of benzene rings is 1. The Labute approximate surface area is 219 Å². The number of sulfone groups is 1. The SMILES string of the molecule is CC(C)(C)CS(=O)(=O)c1cccc(NC(=O)c2ccc(NC(CO)CO)nc2N2CCC3(CC2)CC3)c1. The van der Waals surface area contributed by atoms with E-state index in [4.69, 9.17) is 4.98 Å². The largest absolute Gasteiger partial charge is 0.394 e. The third kappa shape index (κ3) is 6.80. The van der Waals surface area contributed by atoms with Crippen LogP contribution in [0.3, 0.4) is 0 Å². The molecule has 9 nitrogen and oxygen atoms in total. The van der Waals surface area contributed by atoms with Crippen molar-refractivity contribution in [1.82, 2.24) is 4.98 Å². The standard InChI is InChI=1S/C27H38N4O5S/c1-26(2,3)18-37(35,36)21-6-4-5-19(15-21)29-25(34)22-7-8-23(28-20(16-32)17-33)30-24(22)31-13-11-27(9-10-27)12-14-31/h4-8,15,20,32-33H,9-14,16-18H2,1-3H3,(H,28,30)(H,29,34). The van der Waals surface area contributed by atoms with Crippen LogP contribution in [0.4, 0.5) is 17.3 Å². The topological polar surface area (TPSA) is 132 Å². The lowest BCUT2D eigenvalue weighted by molar-refractivity contribution is 0.102. The van der Waals surface area contributed by atoms with E-state index < -0.39 is 21.3 Å². The number of hydrogen-bond acceptors (Lipinski definition) is 8. The van der Waals surface area contributed by atoms with E-state index in [1.54, 1.807) is 30.3 Å². The summed E-state index contributed by atoms with van der Waals surface area (Å²) in [6.45, 7) is 6.70. The van der Waals surface area contributed by atoms with Crippen LogP contribution in [0.2, 0.25) is 0 Å². The number of pyridine rings is 1. The van der Waals surface area contributed by atoms with E-state index in [2.05, 4.69) is 15.5 Å². The molecule has 2 aromatic rings. The summed E-state index contributed by atoms with van der Waals surface area (Å²) >= 11 is 0. The van der Waals surface area contributed by atoms with E-state index in [-0.39, 0.29) is 29.8 Å². The molecule has 1 saturated heterocycles. The summed E-state index contributed by atoms with van der Waals surface area (Å²) in [5.74, 6) is 0.608. The molecule has 0 radical (unpaired) electrons. The highest BCUT2D eigenvalue weighted by atomic mass is 32.2. The third-order valence-corrected chi connectivity index (χ3v) is 9.29. The first kappa shape index (κ1) is 27.3. The van der Waals surface area contributed by atoms with Gasteiger partial charge in [-0.25, -0.2) is 13.4 Å². The van der Waals surface area contributed by atoms with E-state index in [1.165, 1.54) is 18.9 Å². The number of aromatic nitrogens is 1. The number of nitrogens with one attached hydrogen (secondary N) is 2. The molecule has 1 saturated carbocycles. The van der Waals surface area contributed by atoms with Crippen LogP contribution in [0.1, 0.15) is 56.8 Å². The van der Waals surface area contributed by atoms with E-state index in [1.807, 2.05) is 20.8 Å². The summed E-state index contributed by atoms with van der Waals surface area (Å²) in [7, 11) is -3.51. The molecule has 4 rings (SSSR count). The van der Waals surface area contributed by atoms with Crippen LogP contribution < -0.4 is 15.5 Å². The molecule has 1 amide bonds. The molecule has 2 aliphatic rings. The van der Waals surface area contributed by atoms with Crippen LogP contribution in [0.5, 0.6) is 0 Å². The highest BCUT2D eigenvalue weighted by molar-refractivity contribution is 7.91. The average molecular weight is 531 g/mol. The lowest BCUT2D eigenvalue weighted by Gasteiger charge is -2.34. The van der Waals surface area contributed by atoms with Gasteiger partial charge in [-0.3, -0.25) is 4.79 Å². The number of piperidine rings is 1. The first-order valence-corrected chi connectivity index (χ1v) is 14.5. The molecule has 0 unspecified atom stereocenters. The minimum Gasteiger partial charge on any atom is -0.394 e. The van der Waals surface area contributed by atoms with Gasteiger partial charge in [-0.1, -0.05) is 26.8 Å². The Hall–Kier alpha value is -2.69. The molecule has 0 atom stereocenters. The fourth-order valence-corrected chi connectivity index (χ4v) is 6.69. The van der Waals surface area contributed by atoms with Gasteiger partial charge in [0.15, 0.2) is 9.84 Å². The molecular formula is C27H38N4O5S. The maximum absolute atomic E-state index is 13.4. The van der Waals surface area contributed by atoms with Gasteiger partial charge >= 0.3 is 0 Å². The summed E-state index contributed by atoms with van der Waals surface area (Å²) in [6, 6.07) is 9.09. The van der Waals surface area contributed by atoms with Crippen molar-refractivity contribution in [3.8, 4) is 0 Å². The lowest BCUT2D eigenvalue weighted by atomic mass is 9.93. The Bertz CT molecular complexity index is 1220. The van der Waals surface area contributed by atoms with Crippen molar-refractivity contribution in [3.05, 3.63) is 42.0 Å². The maximum atomic E-state index is 13.4. The number of amides is 1. The lowest BCUT2D eigenvalue weighted by Crippen LogP contribution is -2.37. The molecule has 1 aromatic carbocycles. The van der Waals surface area contributed by atoms with Crippen molar-refractivity contribution in [2.45, 2.75) is 57.4 Å². The predicted molar refractivity (Wildman–Crippen MR) is 145 cm³/mol. The number of nitrogens with zero attached hydrogens (tertiary/aromatic N) is 2. The fourth-order valence-electron chi connectivity index (χ4n) is 4.79. The fraction of sp³-hybridized carbons (Fsp3) is 0.556. The van der Waals surface area contributed by atoms with Crippen molar-refractivity contribution in [2.24, 2.45) is 10.8 Å². The van der Waals surface area contributed by atoms with E-state index >= 15 is 0 Å². The normalized spacial score (nSPS) is 17.2. The number of hydrogen-bond donors (Lipinski definition) is 4. The summed E-state index contributed by atoms with van der Waals surface area (Å²) in [4.78, 5) is 20.4. The van der Waals surface area contributed by atoms with Gasteiger partial charge in [0.2, 0.25) is 0 Å². The number of aliphatic hydroxyl groups is 2. The Morgan fingerprint density at radius 2 is 1.76 bits per heavy atom. The second kappa shape index (κ2) is 10.6. The quantitative estimate of drug-likeness (QED) is 0.388. The minimum absolute atomic E-state index is 0.000937. The van der Waals surface area contributed by atoms with Crippen molar-refractivity contribution in [1.29, 1.82) is 0 Å². The highest BCUT2D eigenvalue weighted by Gasteiger charge is 2.45.